The first-order valence-corrected chi connectivity index (χ1v) is 9.47. The van der Waals surface area contributed by atoms with Crippen molar-refractivity contribution in [3.8, 4) is 0 Å². The molecule has 3 heterocycles. The number of hydrogen-bond donors (Lipinski definition) is 1. The molecule has 1 N–H and O–H groups in total. The van der Waals surface area contributed by atoms with Crippen LogP contribution in [0.5, 0.6) is 0 Å². The van der Waals surface area contributed by atoms with Crippen LogP contribution in [0.25, 0.3) is 0 Å². The molecule has 0 radical (unpaired) electrons. The predicted molar refractivity (Wildman–Crippen MR) is 95.8 cm³/mol. The van der Waals surface area contributed by atoms with Crippen LogP contribution in [0.3, 0.4) is 0 Å². The summed E-state index contributed by atoms with van der Waals surface area (Å²) >= 11 is 2.91. The van der Waals surface area contributed by atoms with Gasteiger partial charge in [0.2, 0.25) is 16.9 Å². The molecular formula is C15H18N6O2S2. The Labute approximate surface area is 153 Å². The van der Waals surface area contributed by atoms with Crippen LogP contribution in [-0.2, 0) is 16.8 Å². The Morgan fingerprint density at radius 1 is 1.44 bits per heavy atom. The Kier molecular flexibility index (Phi) is 5.19. The first-order chi connectivity index (χ1) is 11.9. The number of aromatic nitrogens is 5. The summed E-state index contributed by atoms with van der Waals surface area (Å²) in [6.07, 6.45) is 0. The maximum atomic E-state index is 12.1. The molecule has 0 fully saturated rings. The number of nitrogens with zero attached hydrogens (tertiary/aromatic N) is 5. The molecule has 0 spiro atoms. The number of nitrogens with one attached hydrogen (secondary N) is 1. The molecule has 0 bridgehead atoms. The van der Waals surface area contributed by atoms with Crippen molar-refractivity contribution in [3.05, 3.63) is 34.2 Å². The predicted octanol–water partition coefficient (Wildman–Crippen LogP) is 2.80. The normalized spacial score (nSPS) is 11.6. The molecule has 0 saturated heterocycles. The summed E-state index contributed by atoms with van der Waals surface area (Å²) < 4.78 is 6.83. The molecule has 0 atom stereocenters. The molecule has 0 aliphatic heterocycles. The van der Waals surface area contributed by atoms with E-state index in [9.17, 15) is 4.79 Å². The average molecular weight is 378 g/mol. The highest BCUT2D eigenvalue weighted by Gasteiger charge is 2.20. The summed E-state index contributed by atoms with van der Waals surface area (Å²) in [5, 5.41) is 20.9. The van der Waals surface area contributed by atoms with E-state index in [0.29, 0.717) is 17.6 Å². The highest BCUT2D eigenvalue weighted by Crippen LogP contribution is 2.24. The Morgan fingerprint density at radius 3 is 2.96 bits per heavy atom. The minimum Gasteiger partial charge on any atom is -0.338 e. The quantitative estimate of drug-likeness (QED) is 0.658. The zero-order valence-corrected chi connectivity index (χ0v) is 15.7. The van der Waals surface area contributed by atoms with Crippen LogP contribution in [0, 0.1) is 0 Å². The van der Waals surface area contributed by atoms with Crippen LogP contribution in [0.2, 0.25) is 0 Å². The minimum absolute atomic E-state index is 0.134. The van der Waals surface area contributed by atoms with Gasteiger partial charge in [-0.25, -0.2) is 4.68 Å². The second kappa shape index (κ2) is 7.36. The third-order valence-corrected chi connectivity index (χ3v) is 5.08. The third kappa shape index (κ3) is 4.67. The standard InChI is InChI=1S/C15H18N6O2S2/c1-15(2,3)11-7-13(23-18-11)16-12(22)9-25-14-17-19-20-21(14)8-10-5-4-6-24-10/h4-7H,8-9H2,1-3H3,(H,16,22). The molecule has 0 saturated carbocycles. The second-order valence-corrected chi connectivity index (χ2v) is 8.34. The topological polar surface area (TPSA) is 98.7 Å². The van der Waals surface area contributed by atoms with Gasteiger partial charge in [-0.3, -0.25) is 10.1 Å². The number of rotatable bonds is 6. The van der Waals surface area contributed by atoms with Crippen LogP contribution in [-0.4, -0.2) is 37.0 Å². The van der Waals surface area contributed by atoms with Crippen molar-refractivity contribution >= 4 is 34.9 Å². The minimum atomic E-state index is -0.202. The summed E-state index contributed by atoms with van der Waals surface area (Å²) in [5.74, 6) is 0.317. The van der Waals surface area contributed by atoms with Gasteiger partial charge in [-0.2, -0.15) is 0 Å². The summed E-state index contributed by atoms with van der Waals surface area (Å²) in [6.45, 7) is 6.67. The lowest BCUT2D eigenvalue weighted by Crippen LogP contribution is -2.14. The van der Waals surface area contributed by atoms with E-state index in [1.165, 1.54) is 11.8 Å². The lowest BCUT2D eigenvalue weighted by atomic mass is 9.92. The number of amides is 1. The monoisotopic (exact) mass is 378 g/mol. The van der Waals surface area contributed by atoms with Gasteiger partial charge in [-0.15, -0.1) is 16.4 Å². The van der Waals surface area contributed by atoms with E-state index in [1.807, 2.05) is 38.3 Å². The molecule has 3 aromatic rings. The molecule has 25 heavy (non-hydrogen) atoms. The van der Waals surface area contributed by atoms with E-state index in [4.69, 9.17) is 4.52 Å². The number of hydrogen-bond acceptors (Lipinski definition) is 8. The number of tetrazole rings is 1. The molecule has 0 unspecified atom stereocenters. The van der Waals surface area contributed by atoms with Crippen LogP contribution < -0.4 is 5.32 Å². The first kappa shape index (κ1) is 17.6. The van der Waals surface area contributed by atoms with Crippen LogP contribution >= 0.6 is 23.1 Å². The van der Waals surface area contributed by atoms with E-state index >= 15 is 0 Å². The average Bonchev–Trinajstić information content (AvgIpc) is 3.26. The van der Waals surface area contributed by atoms with Crippen LogP contribution in [0.15, 0.2) is 33.3 Å². The maximum absolute atomic E-state index is 12.1. The van der Waals surface area contributed by atoms with Gasteiger partial charge < -0.3 is 4.52 Å². The molecule has 8 nitrogen and oxygen atoms in total. The van der Waals surface area contributed by atoms with Crippen molar-refractivity contribution in [1.82, 2.24) is 25.4 Å². The van der Waals surface area contributed by atoms with Crippen LogP contribution in [0.4, 0.5) is 5.88 Å². The summed E-state index contributed by atoms with van der Waals surface area (Å²) in [6, 6.07) is 5.74. The second-order valence-electron chi connectivity index (χ2n) is 6.36. The lowest BCUT2D eigenvalue weighted by Gasteiger charge is -2.12. The largest absolute Gasteiger partial charge is 0.338 e. The SMILES string of the molecule is CC(C)(C)c1cc(NC(=O)CSc2nnnn2Cc2cccs2)on1. The van der Waals surface area contributed by atoms with E-state index < -0.39 is 0 Å². The van der Waals surface area contributed by atoms with Gasteiger partial charge in [0.05, 0.1) is 18.0 Å². The number of thiophene rings is 1. The van der Waals surface area contributed by atoms with Gasteiger partial charge in [-0.05, 0) is 21.9 Å². The third-order valence-electron chi connectivity index (χ3n) is 3.26. The number of anilines is 1. The van der Waals surface area contributed by atoms with Crippen molar-refractivity contribution in [2.75, 3.05) is 11.1 Å². The maximum Gasteiger partial charge on any atom is 0.237 e. The van der Waals surface area contributed by atoms with Crippen molar-refractivity contribution in [2.24, 2.45) is 0 Å². The molecule has 3 rings (SSSR count). The van der Waals surface area contributed by atoms with Gasteiger partial charge >= 0.3 is 0 Å². The van der Waals surface area contributed by atoms with E-state index in [1.54, 1.807) is 22.1 Å². The molecular weight excluding hydrogens is 360 g/mol. The van der Waals surface area contributed by atoms with Gasteiger partial charge in [-0.1, -0.05) is 43.8 Å². The summed E-state index contributed by atoms with van der Waals surface area (Å²) in [7, 11) is 0. The zero-order chi connectivity index (χ0) is 17.9. The van der Waals surface area contributed by atoms with Gasteiger partial charge in [0.25, 0.3) is 0 Å². The molecule has 0 aliphatic rings. The molecule has 1 amide bonds. The Hall–Kier alpha value is -2.20. The van der Waals surface area contributed by atoms with Gasteiger partial charge in [0.15, 0.2) is 0 Å². The van der Waals surface area contributed by atoms with Crippen molar-refractivity contribution < 1.29 is 9.32 Å². The van der Waals surface area contributed by atoms with E-state index in [-0.39, 0.29) is 17.1 Å². The highest BCUT2D eigenvalue weighted by molar-refractivity contribution is 7.99. The fourth-order valence-corrected chi connectivity index (χ4v) is 3.30. The van der Waals surface area contributed by atoms with Gasteiger partial charge in [0.1, 0.15) is 0 Å². The van der Waals surface area contributed by atoms with Crippen LogP contribution in [0.1, 0.15) is 31.3 Å². The zero-order valence-electron chi connectivity index (χ0n) is 14.1. The number of thioether (sulfide) groups is 1. The van der Waals surface area contributed by atoms with Gasteiger partial charge in [0, 0.05) is 16.4 Å². The molecule has 0 aromatic carbocycles. The molecule has 132 valence electrons. The highest BCUT2D eigenvalue weighted by atomic mass is 32.2. The Bertz CT molecular complexity index is 834. The molecule has 3 aromatic heterocycles. The smallest absolute Gasteiger partial charge is 0.237 e. The van der Waals surface area contributed by atoms with Crippen molar-refractivity contribution in [3.63, 3.8) is 0 Å². The summed E-state index contributed by atoms with van der Waals surface area (Å²) in [5.41, 5.74) is 0.654. The fourth-order valence-electron chi connectivity index (χ4n) is 1.94. The first-order valence-electron chi connectivity index (χ1n) is 7.60. The molecule has 0 aliphatic carbocycles. The van der Waals surface area contributed by atoms with Crippen molar-refractivity contribution in [2.45, 2.75) is 37.9 Å². The molecule has 10 heteroatoms. The lowest BCUT2D eigenvalue weighted by molar-refractivity contribution is -0.113. The Morgan fingerprint density at radius 2 is 2.28 bits per heavy atom. The van der Waals surface area contributed by atoms with Crippen molar-refractivity contribution in [1.29, 1.82) is 0 Å². The fraction of sp³-hybridized carbons (Fsp3) is 0.400. The number of carbonyl (C=O) groups is 1. The Balaban J connectivity index is 1.54. The number of carbonyl (C=O) groups excluding carboxylic acids is 1. The van der Waals surface area contributed by atoms with E-state index in [2.05, 4.69) is 26.0 Å². The summed E-state index contributed by atoms with van der Waals surface area (Å²) in [4.78, 5) is 13.2. The van der Waals surface area contributed by atoms with E-state index in [0.717, 1.165) is 10.6 Å².